The van der Waals surface area contributed by atoms with Crippen LogP contribution in [0.3, 0.4) is 0 Å². The highest BCUT2D eigenvalue weighted by molar-refractivity contribution is 6.02. The Bertz CT molecular complexity index is 727. The van der Waals surface area contributed by atoms with E-state index in [0.29, 0.717) is 11.5 Å². The van der Waals surface area contributed by atoms with Crippen LogP contribution in [0.2, 0.25) is 0 Å². The van der Waals surface area contributed by atoms with Crippen LogP contribution in [0.1, 0.15) is 67.2 Å². The number of nitrogens with zero attached hydrogens (tertiary/aromatic N) is 2. The summed E-state index contributed by atoms with van der Waals surface area (Å²) in [6, 6.07) is 3.95. The van der Waals surface area contributed by atoms with E-state index in [4.69, 9.17) is 5.73 Å². The number of pyridine rings is 1. The van der Waals surface area contributed by atoms with Gasteiger partial charge in [0, 0.05) is 41.5 Å². The van der Waals surface area contributed by atoms with Crippen molar-refractivity contribution in [3.8, 4) is 11.1 Å². The summed E-state index contributed by atoms with van der Waals surface area (Å²) in [5, 5.41) is 0. The van der Waals surface area contributed by atoms with E-state index in [1.807, 2.05) is 25.3 Å². The maximum Gasteiger partial charge on any atom is 0.251 e. The molecule has 1 fully saturated rings. The molecule has 134 valence electrons. The zero-order chi connectivity index (χ0) is 17.8. The van der Waals surface area contributed by atoms with Crippen molar-refractivity contribution in [3.05, 3.63) is 41.5 Å². The molecule has 2 aromatic heterocycles. The molecule has 0 saturated heterocycles. The van der Waals surface area contributed by atoms with E-state index in [1.54, 1.807) is 6.20 Å². The van der Waals surface area contributed by atoms with Gasteiger partial charge >= 0.3 is 0 Å². The van der Waals surface area contributed by atoms with Crippen LogP contribution in [0.5, 0.6) is 0 Å². The number of amides is 1. The summed E-state index contributed by atoms with van der Waals surface area (Å²) in [7, 11) is 0. The molecule has 0 spiro atoms. The molecule has 2 heterocycles. The molecule has 4 nitrogen and oxygen atoms in total. The Morgan fingerprint density at radius 3 is 2.68 bits per heavy atom. The second-order valence-corrected chi connectivity index (χ2v) is 7.25. The molecule has 1 aliphatic carbocycles. The Morgan fingerprint density at radius 2 is 2.08 bits per heavy atom. The van der Waals surface area contributed by atoms with Gasteiger partial charge in [-0.25, -0.2) is 0 Å². The Kier molecular flexibility index (Phi) is 5.57. The van der Waals surface area contributed by atoms with Gasteiger partial charge in [0.2, 0.25) is 0 Å². The molecule has 1 aliphatic rings. The number of aromatic nitrogens is 2. The summed E-state index contributed by atoms with van der Waals surface area (Å²) in [5.41, 5.74) is 10.7. The third-order valence-electron chi connectivity index (χ3n) is 5.48. The van der Waals surface area contributed by atoms with E-state index < -0.39 is 0 Å². The molecule has 0 atom stereocenters. The van der Waals surface area contributed by atoms with E-state index >= 15 is 0 Å². The number of carbonyl (C=O) groups excluding carboxylic acids is 1. The van der Waals surface area contributed by atoms with Crippen molar-refractivity contribution in [3.63, 3.8) is 0 Å². The highest BCUT2D eigenvalue weighted by atomic mass is 16.1. The molecule has 0 aliphatic heterocycles. The average Bonchev–Trinajstić information content (AvgIpc) is 2.90. The highest BCUT2D eigenvalue weighted by Crippen LogP contribution is 2.35. The van der Waals surface area contributed by atoms with Crippen LogP contribution in [-0.2, 0) is 13.0 Å². The first-order chi connectivity index (χ1) is 12.1. The Balaban J connectivity index is 2.12. The van der Waals surface area contributed by atoms with E-state index in [2.05, 4.69) is 16.5 Å². The Morgan fingerprint density at radius 1 is 1.32 bits per heavy atom. The minimum absolute atomic E-state index is 0.337. The summed E-state index contributed by atoms with van der Waals surface area (Å²) in [4.78, 5) is 16.5. The summed E-state index contributed by atoms with van der Waals surface area (Å²) >= 11 is 0. The molecule has 4 heteroatoms. The van der Waals surface area contributed by atoms with Gasteiger partial charge in [-0.05, 0) is 38.2 Å². The van der Waals surface area contributed by atoms with Crippen LogP contribution in [0.4, 0.5) is 0 Å². The van der Waals surface area contributed by atoms with Gasteiger partial charge in [0.25, 0.3) is 5.91 Å². The molecule has 0 unspecified atom stereocenters. The van der Waals surface area contributed by atoms with E-state index in [1.165, 1.54) is 37.8 Å². The molecule has 1 amide bonds. The molecule has 3 rings (SSSR count). The fourth-order valence-corrected chi connectivity index (χ4v) is 4.29. The predicted molar refractivity (Wildman–Crippen MR) is 101 cm³/mol. The van der Waals surface area contributed by atoms with Crippen molar-refractivity contribution in [2.24, 2.45) is 11.7 Å². The van der Waals surface area contributed by atoms with Gasteiger partial charge in [0.1, 0.15) is 0 Å². The minimum atomic E-state index is -0.337. The van der Waals surface area contributed by atoms with E-state index in [9.17, 15) is 4.79 Å². The molecule has 2 N–H and O–H groups in total. The second-order valence-electron chi connectivity index (χ2n) is 7.25. The number of hydrogen-bond donors (Lipinski definition) is 1. The molecule has 0 bridgehead atoms. The van der Waals surface area contributed by atoms with Gasteiger partial charge in [-0.1, -0.05) is 38.7 Å². The van der Waals surface area contributed by atoms with Crippen molar-refractivity contribution in [1.82, 2.24) is 9.55 Å². The van der Waals surface area contributed by atoms with Crippen molar-refractivity contribution in [2.75, 3.05) is 0 Å². The maximum absolute atomic E-state index is 12.3. The lowest BCUT2D eigenvalue weighted by atomic mass is 9.89. The fourth-order valence-electron chi connectivity index (χ4n) is 4.29. The SMILES string of the molecule is CCCc1c(-c2cccnc2)c(C(N)=O)c(C)n1CC1CCCCC1. The lowest BCUT2D eigenvalue weighted by Crippen LogP contribution is -2.18. The zero-order valence-corrected chi connectivity index (χ0v) is 15.4. The van der Waals surface area contributed by atoms with Crippen molar-refractivity contribution in [2.45, 2.75) is 65.3 Å². The van der Waals surface area contributed by atoms with Gasteiger partial charge in [0.15, 0.2) is 0 Å². The standard InChI is InChI=1S/C21H29N3O/c1-3-8-18-20(17-11-7-12-23-13-17)19(21(22)25)15(2)24(18)14-16-9-5-4-6-10-16/h7,11-13,16H,3-6,8-10,14H2,1-2H3,(H2,22,25). The quantitative estimate of drug-likeness (QED) is 0.843. The molecule has 0 aromatic carbocycles. The van der Waals surface area contributed by atoms with Crippen molar-refractivity contribution >= 4 is 5.91 Å². The van der Waals surface area contributed by atoms with Gasteiger partial charge < -0.3 is 10.3 Å². The number of rotatable bonds is 6. The number of carbonyl (C=O) groups is 1. The predicted octanol–water partition coefficient (Wildman–Crippen LogP) is 4.49. The Hall–Kier alpha value is -2.10. The van der Waals surface area contributed by atoms with Gasteiger partial charge in [-0.15, -0.1) is 0 Å². The number of hydrogen-bond acceptors (Lipinski definition) is 2. The number of primary amides is 1. The summed E-state index contributed by atoms with van der Waals surface area (Å²) in [6.45, 7) is 5.23. The topological polar surface area (TPSA) is 60.9 Å². The normalized spacial score (nSPS) is 15.4. The molecular formula is C21H29N3O. The average molecular weight is 339 g/mol. The van der Waals surface area contributed by atoms with Crippen LogP contribution < -0.4 is 5.73 Å². The number of nitrogens with two attached hydrogens (primary N) is 1. The summed E-state index contributed by atoms with van der Waals surface area (Å²) < 4.78 is 2.38. The first-order valence-electron chi connectivity index (χ1n) is 9.55. The first-order valence-corrected chi connectivity index (χ1v) is 9.55. The third-order valence-corrected chi connectivity index (χ3v) is 5.48. The lowest BCUT2D eigenvalue weighted by Gasteiger charge is -2.24. The fraction of sp³-hybridized carbons (Fsp3) is 0.524. The van der Waals surface area contributed by atoms with Crippen molar-refractivity contribution < 1.29 is 4.79 Å². The van der Waals surface area contributed by atoms with E-state index in [-0.39, 0.29) is 5.91 Å². The summed E-state index contributed by atoms with van der Waals surface area (Å²) in [6.07, 6.45) is 12.2. The third kappa shape index (κ3) is 3.63. The second kappa shape index (κ2) is 7.85. The van der Waals surface area contributed by atoms with E-state index in [0.717, 1.165) is 36.2 Å². The first kappa shape index (κ1) is 17.7. The van der Waals surface area contributed by atoms with Crippen LogP contribution in [-0.4, -0.2) is 15.5 Å². The molecule has 2 aromatic rings. The van der Waals surface area contributed by atoms with Crippen LogP contribution in [0.15, 0.2) is 24.5 Å². The van der Waals surface area contributed by atoms with Gasteiger partial charge in [-0.3, -0.25) is 9.78 Å². The zero-order valence-electron chi connectivity index (χ0n) is 15.4. The van der Waals surface area contributed by atoms with Crippen LogP contribution in [0.25, 0.3) is 11.1 Å². The van der Waals surface area contributed by atoms with Crippen LogP contribution in [0, 0.1) is 12.8 Å². The monoisotopic (exact) mass is 339 g/mol. The van der Waals surface area contributed by atoms with Gasteiger partial charge in [0.05, 0.1) is 5.56 Å². The smallest absolute Gasteiger partial charge is 0.251 e. The molecule has 25 heavy (non-hydrogen) atoms. The minimum Gasteiger partial charge on any atom is -0.366 e. The van der Waals surface area contributed by atoms with Crippen molar-refractivity contribution in [1.29, 1.82) is 0 Å². The highest BCUT2D eigenvalue weighted by Gasteiger charge is 2.26. The molecule has 0 radical (unpaired) electrons. The molecular weight excluding hydrogens is 310 g/mol. The molecule has 1 saturated carbocycles. The Labute approximate surface area is 150 Å². The van der Waals surface area contributed by atoms with Crippen LogP contribution >= 0.6 is 0 Å². The summed E-state index contributed by atoms with van der Waals surface area (Å²) in [5.74, 6) is 0.369. The van der Waals surface area contributed by atoms with Gasteiger partial charge in [-0.2, -0.15) is 0 Å². The largest absolute Gasteiger partial charge is 0.366 e. The maximum atomic E-state index is 12.3. The lowest BCUT2D eigenvalue weighted by molar-refractivity contribution is 0.1000.